The van der Waals surface area contributed by atoms with Crippen molar-refractivity contribution in [1.29, 1.82) is 0 Å². The van der Waals surface area contributed by atoms with Gasteiger partial charge in [-0.25, -0.2) is 4.39 Å². The predicted molar refractivity (Wildman–Crippen MR) is 111 cm³/mol. The molecule has 2 saturated heterocycles. The Morgan fingerprint density at radius 3 is 2.90 bits per heavy atom. The lowest BCUT2D eigenvalue weighted by Gasteiger charge is -2.33. The Labute approximate surface area is 180 Å². The molecule has 2 aliphatic heterocycles. The number of ether oxygens (including phenoxy) is 1. The lowest BCUT2D eigenvalue weighted by atomic mass is 9.98. The normalized spacial score (nSPS) is 24.8. The van der Waals surface area contributed by atoms with Crippen LogP contribution >= 0.6 is 0 Å². The van der Waals surface area contributed by atoms with Gasteiger partial charge in [-0.15, -0.1) is 0 Å². The minimum Gasteiger partial charge on any atom is -0.390 e. The average Bonchev–Trinajstić information content (AvgIpc) is 3.21. The van der Waals surface area contributed by atoms with E-state index >= 15 is 0 Å². The van der Waals surface area contributed by atoms with E-state index in [2.05, 4.69) is 20.7 Å². The first-order valence-corrected chi connectivity index (χ1v) is 10.8. The zero-order valence-corrected chi connectivity index (χ0v) is 17.4. The number of aromatic nitrogens is 1. The zero-order chi connectivity index (χ0) is 21.6. The van der Waals surface area contributed by atoms with E-state index in [-0.39, 0.29) is 18.2 Å². The Hall–Kier alpha value is -2.33. The number of hydrogen-bond acceptors (Lipinski definition) is 7. The molecule has 1 aromatic carbocycles. The number of amides is 1. The van der Waals surface area contributed by atoms with Gasteiger partial charge in [0.25, 0.3) is 5.91 Å². The molecule has 31 heavy (non-hydrogen) atoms. The fourth-order valence-corrected chi connectivity index (χ4v) is 4.07. The number of nitrogens with one attached hydrogen (secondary N) is 2. The van der Waals surface area contributed by atoms with Crippen LogP contribution < -0.4 is 10.6 Å². The Bertz CT molecular complexity index is 871. The lowest BCUT2D eigenvalue weighted by Crippen LogP contribution is -2.46. The van der Waals surface area contributed by atoms with Crippen molar-refractivity contribution < 1.29 is 23.6 Å². The second kappa shape index (κ2) is 10.3. The SMILES string of the molecule is O=C(NC[C@H]1O[C@H](Cc2cc(CN3CCNCC3)on2)CC[C@@H]1O)c1ccccc1F. The van der Waals surface area contributed by atoms with Gasteiger partial charge in [-0.2, -0.15) is 0 Å². The molecule has 0 radical (unpaired) electrons. The monoisotopic (exact) mass is 432 g/mol. The van der Waals surface area contributed by atoms with E-state index in [9.17, 15) is 14.3 Å². The molecule has 3 N–H and O–H groups in total. The Balaban J connectivity index is 1.27. The number of aliphatic hydroxyl groups is 1. The molecule has 0 unspecified atom stereocenters. The van der Waals surface area contributed by atoms with Crippen molar-refractivity contribution in [3.05, 3.63) is 53.2 Å². The smallest absolute Gasteiger partial charge is 0.254 e. The third kappa shape index (κ3) is 5.88. The van der Waals surface area contributed by atoms with Crippen molar-refractivity contribution in [2.45, 2.75) is 44.1 Å². The van der Waals surface area contributed by atoms with Crippen LogP contribution in [0.1, 0.15) is 34.7 Å². The number of carbonyl (C=O) groups is 1. The molecular weight excluding hydrogens is 403 g/mol. The standard InChI is InChI=1S/C22H29FN4O4/c23-19-4-2-1-3-18(19)22(29)25-13-21-20(28)6-5-16(30-21)11-15-12-17(31-26-15)14-27-9-7-24-8-10-27/h1-4,12,16,20-21,24,28H,5-11,13-14H2,(H,25,29)/t16-,20-,21+/m0/s1. The molecular formula is C22H29FN4O4. The summed E-state index contributed by atoms with van der Waals surface area (Å²) >= 11 is 0. The van der Waals surface area contributed by atoms with Gasteiger partial charge in [0.05, 0.1) is 30.0 Å². The van der Waals surface area contributed by atoms with Gasteiger partial charge in [-0.05, 0) is 25.0 Å². The molecule has 0 saturated carbocycles. The maximum Gasteiger partial charge on any atom is 0.254 e. The number of hydrogen-bond donors (Lipinski definition) is 3. The van der Waals surface area contributed by atoms with Gasteiger partial charge in [0.15, 0.2) is 5.76 Å². The van der Waals surface area contributed by atoms with Gasteiger partial charge >= 0.3 is 0 Å². The molecule has 9 heteroatoms. The summed E-state index contributed by atoms with van der Waals surface area (Å²) < 4.78 is 25.3. The number of carbonyl (C=O) groups excluding carboxylic acids is 1. The first-order valence-electron chi connectivity index (χ1n) is 10.8. The van der Waals surface area contributed by atoms with Crippen molar-refractivity contribution in [2.24, 2.45) is 0 Å². The molecule has 3 heterocycles. The highest BCUT2D eigenvalue weighted by molar-refractivity contribution is 5.94. The highest BCUT2D eigenvalue weighted by Gasteiger charge is 2.31. The van der Waals surface area contributed by atoms with E-state index in [1.807, 2.05) is 6.07 Å². The van der Waals surface area contributed by atoms with Crippen LogP contribution in [0.5, 0.6) is 0 Å². The van der Waals surface area contributed by atoms with Gasteiger partial charge in [0.1, 0.15) is 11.9 Å². The molecule has 4 rings (SSSR count). The van der Waals surface area contributed by atoms with Gasteiger partial charge in [-0.3, -0.25) is 9.69 Å². The fourth-order valence-electron chi connectivity index (χ4n) is 4.07. The first-order chi connectivity index (χ1) is 15.1. The molecule has 0 spiro atoms. The van der Waals surface area contributed by atoms with E-state index in [1.54, 1.807) is 6.07 Å². The number of aliphatic hydroxyl groups excluding tert-OH is 1. The quantitative estimate of drug-likeness (QED) is 0.603. The number of halogens is 1. The second-order valence-corrected chi connectivity index (χ2v) is 8.15. The largest absolute Gasteiger partial charge is 0.390 e. The van der Waals surface area contributed by atoms with Crippen molar-refractivity contribution in [3.8, 4) is 0 Å². The van der Waals surface area contributed by atoms with Crippen molar-refractivity contribution in [3.63, 3.8) is 0 Å². The van der Waals surface area contributed by atoms with Gasteiger partial charge in [-0.1, -0.05) is 17.3 Å². The summed E-state index contributed by atoms with van der Waals surface area (Å²) in [6.45, 7) is 4.78. The molecule has 2 aromatic rings. The van der Waals surface area contributed by atoms with Crippen molar-refractivity contribution in [2.75, 3.05) is 32.7 Å². The first kappa shape index (κ1) is 21.9. The summed E-state index contributed by atoms with van der Waals surface area (Å²) in [6, 6.07) is 7.77. The van der Waals surface area contributed by atoms with Crippen molar-refractivity contribution in [1.82, 2.24) is 20.7 Å². The molecule has 1 aromatic heterocycles. The maximum absolute atomic E-state index is 13.8. The summed E-state index contributed by atoms with van der Waals surface area (Å²) in [7, 11) is 0. The van der Waals surface area contributed by atoms with Crippen LogP contribution in [0.3, 0.4) is 0 Å². The Kier molecular flexibility index (Phi) is 7.29. The summed E-state index contributed by atoms with van der Waals surface area (Å²) in [6.07, 6.45) is 0.473. The highest BCUT2D eigenvalue weighted by atomic mass is 19.1. The Morgan fingerprint density at radius 1 is 1.29 bits per heavy atom. The lowest BCUT2D eigenvalue weighted by molar-refractivity contribution is -0.114. The molecule has 3 atom stereocenters. The zero-order valence-electron chi connectivity index (χ0n) is 17.4. The molecule has 0 bridgehead atoms. The van der Waals surface area contributed by atoms with Crippen LogP contribution in [-0.2, 0) is 17.7 Å². The number of rotatable bonds is 7. The van der Waals surface area contributed by atoms with E-state index < -0.39 is 23.9 Å². The predicted octanol–water partition coefficient (Wildman–Crippen LogP) is 1.10. The van der Waals surface area contributed by atoms with Gasteiger partial charge < -0.3 is 25.0 Å². The van der Waals surface area contributed by atoms with Crippen LogP contribution in [-0.4, -0.2) is 72.1 Å². The van der Waals surface area contributed by atoms with E-state index in [1.165, 1.54) is 18.2 Å². The Morgan fingerprint density at radius 2 is 2.10 bits per heavy atom. The highest BCUT2D eigenvalue weighted by Crippen LogP contribution is 2.23. The molecule has 1 amide bonds. The molecule has 2 aliphatic rings. The summed E-state index contributed by atoms with van der Waals surface area (Å²) in [5.74, 6) is -0.267. The van der Waals surface area contributed by atoms with Crippen LogP contribution in [0.15, 0.2) is 34.9 Å². The third-order valence-electron chi connectivity index (χ3n) is 5.80. The van der Waals surface area contributed by atoms with E-state index in [4.69, 9.17) is 9.26 Å². The molecule has 2 fully saturated rings. The molecule has 8 nitrogen and oxygen atoms in total. The van der Waals surface area contributed by atoms with Gasteiger partial charge in [0, 0.05) is 45.2 Å². The average molecular weight is 432 g/mol. The van der Waals surface area contributed by atoms with E-state index in [0.717, 1.165) is 44.2 Å². The maximum atomic E-state index is 13.8. The third-order valence-corrected chi connectivity index (χ3v) is 5.80. The second-order valence-electron chi connectivity index (χ2n) is 8.15. The van der Waals surface area contributed by atoms with Crippen LogP contribution in [0.25, 0.3) is 0 Å². The molecule has 0 aliphatic carbocycles. The summed E-state index contributed by atoms with van der Waals surface area (Å²) in [5, 5.41) is 20.4. The topological polar surface area (TPSA) is 99.9 Å². The van der Waals surface area contributed by atoms with Crippen LogP contribution in [0, 0.1) is 5.82 Å². The minimum atomic E-state index is -0.683. The number of piperazine rings is 1. The minimum absolute atomic E-state index is 0.0241. The number of nitrogens with zero attached hydrogens (tertiary/aromatic N) is 2. The molecule has 168 valence electrons. The summed E-state index contributed by atoms with van der Waals surface area (Å²) in [5.41, 5.74) is 0.796. The fraction of sp³-hybridized carbons (Fsp3) is 0.545. The van der Waals surface area contributed by atoms with Gasteiger partial charge in [0.2, 0.25) is 0 Å². The summed E-state index contributed by atoms with van der Waals surface area (Å²) in [4.78, 5) is 14.6. The van der Waals surface area contributed by atoms with Crippen LogP contribution in [0.2, 0.25) is 0 Å². The van der Waals surface area contributed by atoms with E-state index in [0.29, 0.717) is 19.3 Å². The van der Waals surface area contributed by atoms with Crippen molar-refractivity contribution >= 4 is 5.91 Å². The van der Waals surface area contributed by atoms with Crippen LogP contribution in [0.4, 0.5) is 4.39 Å². The number of benzene rings is 1.